The van der Waals surface area contributed by atoms with Crippen molar-refractivity contribution in [1.82, 2.24) is 9.47 Å². The van der Waals surface area contributed by atoms with E-state index < -0.39 is 40.5 Å². The van der Waals surface area contributed by atoms with Crippen LogP contribution in [0.4, 0.5) is 14.5 Å². The smallest absolute Gasteiger partial charge is 0.308 e. The zero-order chi connectivity index (χ0) is 26.6. The number of anilines is 1. The lowest BCUT2D eigenvalue weighted by molar-refractivity contribution is -0.136. The van der Waals surface area contributed by atoms with Crippen LogP contribution in [0.2, 0.25) is 0 Å². The number of amides is 3. The molecule has 2 saturated heterocycles. The predicted molar refractivity (Wildman–Crippen MR) is 136 cm³/mol. The topological polar surface area (TPSA) is 88.9 Å². The molecule has 196 valence electrons. The lowest BCUT2D eigenvalue weighted by Gasteiger charge is -2.31. The summed E-state index contributed by atoms with van der Waals surface area (Å²) >= 11 is 2.03. The number of imide groups is 1. The van der Waals surface area contributed by atoms with Gasteiger partial charge in [0.1, 0.15) is 23.4 Å². The van der Waals surface area contributed by atoms with E-state index in [0.717, 1.165) is 28.0 Å². The first-order chi connectivity index (χ1) is 18.3. The third-order valence-corrected chi connectivity index (χ3v) is 9.62. The van der Waals surface area contributed by atoms with E-state index in [9.17, 15) is 28.0 Å². The molecule has 0 bridgehead atoms. The van der Waals surface area contributed by atoms with Crippen LogP contribution < -0.4 is 9.77 Å². The number of thiazole rings is 1. The average Bonchev–Trinajstić information content (AvgIpc) is 3.36. The van der Waals surface area contributed by atoms with Crippen molar-refractivity contribution >= 4 is 46.5 Å². The Labute approximate surface area is 223 Å². The number of ether oxygens (including phenoxy) is 1. The number of thioether (sulfide) groups is 1. The normalized spacial score (nSPS) is 22.9. The summed E-state index contributed by atoms with van der Waals surface area (Å²) in [5.74, 6) is -3.72. The number of aromatic nitrogens is 1. The van der Waals surface area contributed by atoms with Crippen molar-refractivity contribution in [1.29, 1.82) is 0 Å². The SMILES string of the molecule is O=C(Cn1c2c(sc1=O)[C@@H](c1ccc(F)cc1)[C@@H]1C(=O)N(c3ccc(F)cc3)C(=O)[C@@H]1S2)N1CCOCC1. The maximum Gasteiger partial charge on any atom is 0.308 e. The van der Waals surface area contributed by atoms with Gasteiger partial charge in [0, 0.05) is 23.9 Å². The fourth-order valence-electron chi connectivity index (χ4n) is 5.18. The molecule has 3 amide bonds. The highest BCUT2D eigenvalue weighted by Gasteiger charge is 2.56. The van der Waals surface area contributed by atoms with E-state index in [1.807, 2.05) is 0 Å². The largest absolute Gasteiger partial charge is 0.378 e. The number of benzene rings is 2. The van der Waals surface area contributed by atoms with Gasteiger partial charge in [0.2, 0.25) is 17.7 Å². The van der Waals surface area contributed by atoms with Crippen molar-refractivity contribution in [3.8, 4) is 0 Å². The lowest BCUT2D eigenvalue weighted by Crippen LogP contribution is -2.43. The molecule has 0 unspecified atom stereocenters. The number of fused-ring (bicyclic) bond motifs is 2. The van der Waals surface area contributed by atoms with Crippen LogP contribution in [0, 0.1) is 17.6 Å². The number of rotatable bonds is 4. The van der Waals surface area contributed by atoms with E-state index >= 15 is 0 Å². The van der Waals surface area contributed by atoms with Crippen molar-refractivity contribution in [2.45, 2.75) is 22.7 Å². The molecule has 3 aliphatic rings. The number of carbonyl (C=O) groups is 3. The molecule has 3 atom stereocenters. The molecule has 3 aliphatic heterocycles. The maximum absolute atomic E-state index is 13.8. The Hall–Kier alpha value is -3.35. The maximum atomic E-state index is 13.8. The highest BCUT2D eigenvalue weighted by Crippen LogP contribution is 2.53. The summed E-state index contributed by atoms with van der Waals surface area (Å²) in [5, 5.41) is -0.423. The van der Waals surface area contributed by atoms with Crippen LogP contribution >= 0.6 is 23.1 Å². The Bertz CT molecular complexity index is 1480. The van der Waals surface area contributed by atoms with Gasteiger partial charge in [-0.05, 0) is 42.0 Å². The Morgan fingerprint density at radius 3 is 2.21 bits per heavy atom. The summed E-state index contributed by atoms with van der Waals surface area (Å²) in [7, 11) is 0. The fourth-order valence-corrected chi connectivity index (χ4v) is 7.95. The Kier molecular flexibility index (Phi) is 6.40. The predicted octanol–water partition coefficient (Wildman–Crippen LogP) is 2.84. The molecule has 0 saturated carbocycles. The van der Waals surface area contributed by atoms with Crippen LogP contribution in [0.25, 0.3) is 0 Å². The first kappa shape index (κ1) is 25.0. The highest BCUT2D eigenvalue weighted by atomic mass is 32.2. The van der Waals surface area contributed by atoms with Gasteiger partial charge >= 0.3 is 4.87 Å². The third kappa shape index (κ3) is 4.16. The molecule has 0 spiro atoms. The van der Waals surface area contributed by atoms with Gasteiger partial charge in [-0.1, -0.05) is 35.2 Å². The fraction of sp³-hybridized carbons (Fsp3) is 0.308. The summed E-state index contributed by atoms with van der Waals surface area (Å²) < 4.78 is 34.0. The van der Waals surface area contributed by atoms with Gasteiger partial charge in [-0.3, -0.25) is 23.7 Å². The van der Waals surface area contributed by atoms with Gasteiger partial charge in [-0.25, -0.2) is 13.7 Å². The molecule has 6 rings (SSSR count). The second kappa shape index (κ2) is 9.75. The van der Waals surface area contributed by atoms with Crippen molar-refractivity contribution in [2.24, 2.45) is 5.92 Å². The Morgan fingerprint density at radius 1 is 0.921 bits per heavy atom. The summed E-state index contributed by atoms with van der Waals surface area (Å²) in [6.07, 6.45) is 0. The minimum Gasteiger partial charge on any atom is -0.378 e. The van der Waals surface area contributed by atoms with Crippen LogP contribution in [0.15, 0.2) is 58.4 Å². The van der Waals surface area contributed by atoms with Gasteiger partial charge in [0.15, 0.2) is 0 Å². The molecule has 4 heterocycles. The number of hydrogen-bond acceptors (Lipinski definition) is 7. The van der Waals surface area contributed by atoms with Crippen molar-refractivity contribution < 1.29 is 27.9 Å². The summed E-state index contributed by atoms with van der Waals surface area (Å²) in [6, 6.07) is 10.7. The Morgan fingerprint density at radius 2 is 1.55 bits per heavy atom. The van der Waals surface area contributed by atoms with Crippen molar-refractivity contribution in [3.05, 3.63) is 80.3 Å². The molecule has 8 nitrogen and oxygen atoms in total. The molecule has 3 aromatic rings. The molecule has 2 fully saturated rings. The van der Waals surface area contributed by atoms with E-state index in [0.29, 0.717) is 41.8 Å². The van der Waals surface area contributed by atoms with E-state index in [2.05, 4.69) is 0 Å². The van der Waals surface area contributed by atoms with Crippen LogP contribution in [0.3, 0.4) is 0 Å². The third-order valence-electron chi connectivity index (χ3n) is 7.02. The van der Waals surface area contributed by atoms with Crippen molar-refractivity contribution in [3.63, 3.8) is 0 Å². The first-order valence-corrected chi connectivity index (χ1v) is 13.7. The summed E-state index contributed by atoms with van der Waals surface area (Å²) in [5.41, 5.74) is 0.829. The number of carbonyl (C=O) groups excluding carboxylic acids is 3. The van der Waals surface area contributed by atoms with E-state index in [4.69, 9.17) is 4.74 Å². The zero-order valence-corrected chi connectivity index (χ0v) is 21.5. The van der Waals surface area contributed by atoms with Crippen LogP contribution in [0.1, 0.15) is 16.4 Å². The summed E-state index contributed by atoms with van der Waals surface area (Å²) in [4.78, 5) is 56.4. The van der Waals surface area contributed by atoms with Crippen LogP contribution in [-0.2, 0) is 25.7 Å². The second-order valence-electron chi connectivity index (χ2n) is 9.20. The lowest BCUT2D eigenvalue weighted by atomic mass is 9.83. The zero-order valence-electron chi connectivity index (χ0n) is 19.8. The first-order valence-electron chi connectivity index (χ1n) is 12.0. The van der Waals surface area contributed by atoms with Gasteiger partial charge in [-0.15, -0.1) is 0 Å². The quantitative estimate of drug-likeness (QED) is 0.459. The van der Waals surface area contributed by atoms with Gasteiger partial charge in [-0.2, -0.15) is 0 Å². The van der Waals surface area contributed by atoms with Crippen LogP contribution in [-0.4, -0.2) is 58.7 Å². The van der Waals surface area contributed by atoms with Gasteiger partial charge in [0.05, 0.1) is 29.8 Å². The van der Waals surface area contributed by atoms with Crippen LogP contribution in [0.5, 0.6) is 0 Å². The second-order valence-corrected chi connectivity index (χ2v) is 11.3. The highest BCUT2D eigenvalue weighted by molar-refractivity contribution is 8.00. The van der Waals surface area contributed by atoms with Gasteiger partial charge in [0.25, 0.3) is 0 Å². The average molecular weight is 558 g/mol. The van der Waals surface area contributed by atoms with Gasteiger partial charge < -0.3 is 9.64 Å². The number of hydrogen-bond donors (Lipinski definition) is 0. The number of halogens is 2. The number of morpholine rings is 1. The minimum atomic E-state index is -0.881. The number of nitrogens with zero attached hydrogens (tertiary/aromatic N) is 3. The monoisotopic (exact) mass is 557 g/mol. The minimum absolute atomic E-state index is 0.199. The van der Waals surface area contributed by atoms with E-state index in [1.165, 1.54) is 41.0 Å². The van der Waals surface area contributed by atoms with E-state index in [-0.39, 0.29) is 23.0 Å². The summed E-state index contributed by atoms with van der Waals surface area (Å²) in [6.45, 7) is 1.49. The molecule has 1 aromatic heterocycles. The molecule has 38 heavy (non-hydrogen) atoms. The molecule has 12 heteroatoms. The van der Waals surface area contributed by atoms with E-state index in [1.54, 1.807) is 17.0 Å². The Balaban J connectivity index is 1.43. The molecule has 2 aromatic carbocycles. The molecule has 0 aliphatic carbocycles. The molecule has 0 radical (unpaired) electrons. The molecular weight excluding hydrogens is 536 g/mol. The molecule has 0 N–H and O–H groups in total. The molecular formula is C26H21F2N3O5S2. The van der Waals surface area contributed by atoms with Crippen molar-refractivity contribution in [2.75, 3.05) is 31.2 Å². The standard InChI is InChI=1S/C26H21F2N3O5S2/c27-15-3-1-14(2-4-15)19-20-21(24(34)31(23(20)33)17-7-5-16(28)6-8-17)37-25-22(19)38-26(35)30(25)13-18(32)29-9-11-36-12-10-29/h1-8,19-21H,9-13H2/t19-,20-,21+/m0/s1.